The minimum atomic E-state index is 0.0875. The summed E-state index contributed by atoms with van der Waals surface area (Å²) in [6.45, 7) is 6.27. The molecule has 0 radical (unpaired) electrons. The molecule has 0 bridgehead atoms. The molecular formula is C27H47NO2. The van der Waals surface area contributed by atoms with Crippen LogP contribution in [0.3, 0.4) is 0 Å². The molecule has 0 unspecified atom stereocenters. The first-order chi connectivity index (χ1) is 14.6. The molecule has 1 amide bonds. The van der Waals surface area contributed by atoms with E-state index in [1.807, 2.05) is 38.1 Å². The van der Waals surface area contributed by atoms with Crippen molar-refractivity contribution in [3.63, 3.8) is 0 Å². The van der Waals surface area contributed by atoms with Crippen molar-refractivity contribution in [1.82, 2.24) is 0 Å². The van der Waals surface area contributed by atoms with E-state index >= 15 is 0 Å². The van der Waals surface area contributed by atoms with Crippen molar-refractivity contribution in [2.75, 3.05) is 5.32 Å². The molecule has 172 valence electrons. The number of nitrogens with one attached hydrogen (secondary N) is 1. The molecule has 0 aromatic heterocycles. The highest BCUT2D eigenvalue weighted by Crippen LogP contribution is 2.25. The molecule has 3 nitrogen and oxygen atoms in total. The zero-order valence-corrected chi connectivity index (χ0v) is 20.0. The molecule has 0 spiro atoms. The van der Waals surface area contributed by atoms with Gasteiger partial charge >= 0.3 is 0 Å². The highest BCUT2D eigenvalue weighted by atomic mass is 16.5. The van der Waals surface area contributed by atoms with E-state index < -0.39 is 0 Å². The Bertz CT molecular complexity index is 541. The van der Waals surface area contributed by atoms with Gasteiger partial charge in [0.1, 0.15) is 5.75 Å². The number of benzene rings is 1. The number of hydrogen-bond acceptors (Lipinski definition) is 2. The van der Waals surface area contributed by atoms with Crippen LogP contribution in [0.4, 0.5) is 5.69 Å². The monoisotopic (exact) mass is 417 g/mol. The van der Waals surface area contributed by atoms with Crippen molar-refractivity contribution in [2.45, 2.75) is 130 Å². The fourth-order valence-corrected chi connectivity index (χ4v) is 3.80. The minimum absolute atomic E-state index is 0.0875. The molecule has 0 atom stereocenters. The second-order valence-corrected chi connectivity index (χ2v) is 8.91. The highest BCUT2D eigenvalue weighted by Gasteiger charge is 2.08. The second-order valence-electron chi connectivity index (χ2n) is 8.91. The zero-order valence-electron chi connectivity index (χ0n) is 20.0. The largest absolute Gasteiger partial charge is 0.489 e. The number of hydrogen-bond donors (Lipinski definition) is 1. The topological polar surface area (TPSA) is 38.3 Å². The predicted molar refractivity (Wildman–Crippen MR) is 130 cm³/mol. The van der Waals surface area contributed by atoms with Gasteiger partial charge < -0.3 is 10.1 Å². The number of amides is 1. The van der Waals surface area contributed by atoms with Crippen molar-refractivity contribution >= 4 is 11.6 Å². The molecule has 0 saturated carbocycles. The number of anilines is 1. The Morgan fingerprint density at radius 1 is 0.767 bits per heavy atom. The van der Waals surface area contributed by atoms with Gasteiger partial charge in [-0.3, -0.25) is 4.79 Å². The SMILES string of the molecule is CCCCCCCCCCCCCCCCCC(=O)Nc1ccccc1OC(C)C. The first kappa shape index (κ1) is 26.5. The molecule has 1 rings (SSSR count). The van der Waals surface area contributed by atoms with Gasteiger partial charge in [0.25, 0.3) is 0 Å². The maximum Gasteiger partial charge on any atom is 0.224 e. The van der Waals surface area contributed by atoms with Crippen LogP contribution in [0.1, 0.15) is 124 Å². The second kappa shape index (κ2) is 18.3. The Morgan fingerprint density at radius 3 is 1.73 bits per heavy atom. The van der Waals surface area contributed by atoms with E-state index in [2.05, 4.69) is 12.2 Å². The quantitative estimate of drug-likeness (QED) is 0.229. The third-order valence-electron chi connectivity index (χ3n) is 5.53. The summed E-state index contributed by atoms with van der Waals surface area (Å²) >= 11 is 0. The van der Waals surface area contributed by atoms with E-state index in [1.54, 1.807) is 0 Å². The lowest BCUT2D eigenvalue weighted by Gasteiger charge is -2.14. The summed E-state index contributed by atoms with van der Waals surface area (Å²) in [5, 5.41) is 3.00. The van der Waals surface area contributed by atoms with Crippen molar-refractivity contribution in [3.8, 4) is 5.75 Å². The molecule has 3 heteroatoms. The lowest BCUT2D eigenvalue weighted by atomic mass is 10.0. The summed E-state index contributed by atoms with van der Waals surface area (Å²) in [4.78, 5) is 12.2. The van der Waals surface area contributed by atoms with Crippen LogP contribution in [0, 0.1) is 0 Å². The molecule has 1 aromatic carbocycles. The van der Waals surface area contributed by atoms with Crippen LogP contribution in [-0.4, -0.2) is 12.0 Å². The van der Waals surface area contributed by atoms with Gasteiger partial charge in [0, 0.05) is 6.42 Å². The van der Waals surface area contributed by atoms with Crippen LogP contribution >= 0.6 is 0 Å². The number of carbonyl (C=O) groups is 1. The number of para-hydroxylation sites is 2. The maximum absolute atomic E-state index is 12.2. The Hall–Kier alpha value is -1.51. The average molecular weight is 418 g/mol. The van der Waals surface area contributed by atoms with Gasteiger partial charge in [0.2, 0.25) is 5.91 Å². The summed E-state index contributed by atoms with van der Waals surface area (Å²) in [5.41, 5.74) is 0.775. The van der Waals surface area contributed by atoms with E-state index in [9.17, 15) is 4.79 Å². The third-order valence-corrected chi connectivity index (χ3v) is 5.53. The molecule has 0 fully saturated rings. The van der Waals surface area contributed by atoms with Crippen LogP contribution in [0.2, 0.25) is 0 Å². The Balaban J connectivity index is 1.94. The van der Waals surface area contributed by atoms with E-state index in [0.717, 1.165) is 24.3 Å². The smallest absolute Gasteiger partial charge is 0.224 e. The lowest BCUT2D eigenvalue weighted by molar-refractivity contribution is -0.116. The van der Waals surface area contributed by atoms with Crippen LogP contribution < -0.4 is 10.1 Å². The van der Waals surface area contributed by atoms with Gasteiger partial charge in [-0.1, -0.05) is 109 Å². The molecule has 1 N–H and O–H groups in total. The van der Waals surface area contributed by atoms with E-state index in [1.165, 1.54) is 83.5 Å². The van der Waals surface area contributed by atoms with Crippen molar-refractivity contribution in [2.24, 2.45) is 0 Å². The minimum Gasteiger partial charge on any atom is -0.489 e. The summed E-state index contributed by atoms with van der Waals surface area (Å²) in [7, 11) is 0. The van der Waals surface area contributed by atoms with E-state index in [4.69, 9.17) is 4.74 Å². The average Bonchev–Trinajstić information content (AvgIpc) is 2.72. The Morgan fingerprint density at radius 2 is 1.23 bits per heavy atom. The predicted octanol–water partition coefficient (Wildman–Crippen LogP) is 8.67. The summed E-state index contributed by atoms with van der Waals surface area (Å²) in [6, 6.07) is 7.67. The molecule has 30 heavy (non-hydrogen) atoms. The van der Waals surface area contributed by atoms with Gasteiger partial charge in [0.15, 0.2) is 0 Å². The lowest BCUT2D eigenvalue weighted by Crippen LogP contribution is -2.14. The molecule has 0 aliphatic carbocycles. The summed E-state index contributed by atoms with van der Waals surface area (Å²) < 4.78 is 5.76. The molecule has 0 aliphatic rings. The van der Waals surface area contributed by atoms with Crippen molar-refractivity contribution < 1.29 is 9.53 Å². The molecule has 0 heterocycles. The molecule has 0 saturated heterocycles. The van der Waals surface area contributed by atoms with Crippen LogP contribution in [-0.2, 0) is 4.79 Å². The number of rotatable bonds is 19. The van der Waals surface area contributed by atoms with Gasteiger partial charge in [-0.2, -0.15) is 0 Å². The standard InChI is InChI=1S/C27H47NO2/c1-4-5-6-7-8-9-10-11-12-13-14-15-16-17-18-23-27(29)28-25-21-19-20-22-26(25)30-24(2)3/h19-22,24H,4-18,23H2,1-3H3,(H,28,29). The van der Waals surface area contributed by atoms with Gasteiger partial charge in [-0.15, -0.1) is 0 Å². The molecular weight excluding hydrogens is 370 g/mol. The number of carbonyl (C=O) groups excluding carboxylic acids is 1. The van der Waals surface area contributed by atoms with Gasteiger partial charge in [0.05, 0.1) is 11.8 Å². The first-order valence-corrected chi connectivity index (χ1v) is 12.7. The number of ether oxygens (including phenoxy) is 1. The van der Waals surface area contributed by atoms with Crippen molar-refractivity contribution in [3.05, 3.63) is 24.3 Å². The van der Waals surface area contributed by atoms with Crippen molar-refractivity contribution in [1.29, 1.82) is 0 Å². The first-order valence-electron chi connectivity index (χ1n) is 12.7. The zero-order chi connectivity index (χ0) is 21.9. The van der Waals surface area contributed by atoms with E-state index in [0.29, 0.717) is 6.42 Å². The fraction of sp³-hybridized carbons (Fsp3) is 0.741. The van der Waals surface area contributed by atoms with Crippen LogP contribution in [0.5, 0.6) is 5.75 Å². The van der Waals surface area contributed by atoms with Gasteiger partial charge in [-0.25, -0.2) is 0 Å². The third kappa shape index (κ3) is 14.5. The van der Waals surface area contributed by atoms with E-state index in [-0.39, 0.29) is 12.0 Å². The molecule has 1 aromatic rings. The maximum atomic E-state index is 12.2. The molecule has 0 aliphatic heterocycles. The highest BCUT2D eigenvalue weighted by molar-refractivity contribution is 5.92. The van der Waals surface area contributed by atoms with Gasteiger partial charge in [-0.05, 0) is 32.4 Å². The normalized spacial score (nSPS) is 11.1. The Kier molecular flexibility index (Phi) is 16.2. The fourth-order valence-electron chi connectivity index (χ4n) is 3.80. The summed E-state index contributed by atoms with van der Waals surface area (Å²) in [5.74, 6) is 0.835. The Labute approximate surface area is 186 Å². The number of unbranched alkanes of at least 4 members (excludes halogenated alkanes) is 14. The summed E-state index contributed by atoms with van der Waals surface area (Å²) in [6.07, 6.45) is 20.8. The van der Waals surface area contributed by atoms with Crippen LogP contribution in [0.25, 0.3) is 0 Å². The van der Waals surface area contributed by atoms with Crippen LogP contribution in [0.15, 0.2) is 24.3 Å².